The molecule has 2 fully saturated rings. The van der Waals surface area contributed by atoms with Crippen LogP contribution in [-0.4, -0.2) is 78.1 Å². The molecule has 0 spiro atoms. The van der Waals surface area contributed by atoms with Crippen molar-refractivity contribution in [3.05, 3.63) is 34.9 Å². The molecule has 9 nitrogen and oxygen atoms in total. The van der Waals surface area contributed by atoms with Crippen LogP contribution in [-0.2, 0) is 19.4 Å². The van der Waals surface area contributed by atoms with Gasteiger partial charge >= 0.3 is 5.97 Å². The Morgan fingerprint density at radius 1 is 1.09 bits per heavy atom. The lowest BCUT2D eigenvalue weighted by molar-refractivity contribution is -0.141. The van der Waals surface area contributed by atoms with Crippen LogP contribution in [0.25, 0.3) is 0 Å². The van der Waals surface area contributed by atoms with Crippen LogP contribution in [0.2, 0.25) is 0 Å². The minimum absolute atomic E-state index is 0.0371. The van der Waals surface area contributed by atoms with Crippen molar-refractivity contribution in [2.45, 2.75) is 70.6 Å². The quantitative estimate of drug-likeness (QED) is 0.443. The molecule has 1 saturated carbocycles. The molecule has 4 rings (SSSR count). The van der Waals surface area contributed by atoms with E-state index in [1.165, 1.54) is 34.9 Å². The second-order valence-corrected chi connectivity index (χ2v) is 11.5. The molecule has 1 saturated heterocycles. The summed E-state index contributed by atoms with van der Waals surface area (Å²) in [5.74, 6) is -2.03. The standard InChI is InChI=1S/C24H30N2O7S/c1-3-25(18-11-12-34(31,32)14-18)21(27)15(2)33-24(30)16-9-10-19-20(13-16)23(29)26(22(19)28)17-7-5-4-6-8-17/h9-10,13,15,17-18H,3-8,11-12,14H2,1-2H3/t15-,18-/m0/s1. The van der Waals surface area contributed by atoms with Gasteiger partial charge in [0.05, 0.1) is 28.2 Å². The second kappa shape index (κ2) is 9.48. The molecule has 0 bridgehead atoms. The van der Waals surface area contributed by atoms with Gasteiger partial charge in [-0.2, -0.15) is 0 Å². The SMILES string of the molecule is CCN(C(=O)[C@H](C)OC(=O)c1ccc2c(c1)C(=O)N(C1CCCCC1)C2=O)[C@H]1CCS(=O)(=O)C1. The molecule has 34 heavy (non-hydrogen) atoms. The van der Waals surface area contributed by atoms with E-state index in [4.69, 9.17) is 4.74 Å². The minimum Gasteiger partial charge on any atom is -0.449 e. The van der Waals surface area contributed by atoms with E-state index in [0.29, 0.717) is 13.0 Å². The van der Waals surface area contributed by atoms with Crippen molar-refractivity contribution < 1.29 is 32.3 Å². The monoisotopic (exact) mass is 490 g/mol. The molecule has 184 valence electrons. The highest BCUT2D eigenvalue weighted by Gasteiger charge is 2.41. The Balaban J connectivity index is 1.45. The predicted molar refractivity (Wildman–Crippen MR) is 123 cm³/mol. The fraction of sp³-hybridized carbons (Fsp3) is 0.583. The third-order valence-corrected chi connectivity index (χ3v) is 8.75. The molecule has 0 N–H and O–H groups in total. The zero-order valence-corrected chi connectivity index (χ0v) is 20.3. The Labute approximate surface area is 199 Å². The smallest absolute Gasteiger partial charge is 0.338 e. The van der Waals surface area contributed by atoms with E-state index in [0.717, 1.165) is 32.1 Å². The fourth-order valence-electron chi connectivity index (χ4n) is 5.19. The van der Waals surface area contributed by atoms with Gasteiger partial charge in [-0.1, -0.05) is 19.3 Å². The van der Waals surface area contributed by atoms with Gasteiger partial charge in [0.1, 0.15) is 0 Å². The lowest BCUT2D eigenvalue weighted by atomic mass is 9.94. The van der Waals surface area contributed by atoms with E-state index in [1.54, 1.807) is 6.92 Å². The molecule has 2 atom stereocenters. The minimum atomic E-state index is -3.17. The summed E-state index contributed by atoms with van der Waals surface area (Å²) in [6, 6.07) is 3.70. The molecule has 1 aromatic carbocycles. The van der Waals surface area contributed by atoms with Crippen LogP contribution in [0.4, 0.5) is 0 Å². The van der Waals surface area contributed by atoms with Crippen LogP contribution < -0.4 is 0 Å². The van der Waals surface area contributed by atoms with Crippen molar-refractivity contribution in [3.8, 4) is 0 Å². The van der Waals surface area contributed by atoms with E-state index in [1.807, 2.05) is 0 Å². The third-order valence-electron chi connectivity index (χ3n) is 7.00. The van der Waals surface area contributed by atoms with E-state index < -0.39 is 39.8 Å². The van der Waals surface area contributed by atoms with Gasteiger partial charge in [-0.3, -0.25) is 19.3 Å². The van der Waals surface area contributed by atoms with Crippen molar-refractivity contribution >= 4 is 33.5 Å². The van der Waals surface area contributed by atoms with Crippen LogP contribution >= 0.6 is 0 Å². The summed E-state index contributed by atoms with van der Waals surface area (Å²) in [6.07, 6.45) is 3.86. The zero-order valence-electron chi connectivity index (χ0n) is 19.5. The number of nitrogens with zero attached hydrogens (tertiary/aromatic N) is 2. The number of carbonyl (C=O) groups is 4. The predicted octanol–water partition coefficient (Wildman–Crippen LogP) is 2.20. The largest absolute Gasteiger partial charge is 0.449 e. The fourth-order valence-corrected chi connectivity index (χ4v) is 6.92. The first-order valence-corrected chi connectivity index (χ1v) is 13.7. The number of fused-ring (bicyclic) bond motifs is 1. The van der Waals surface area contributed by atoms with Gasteiger partial charge in [0.2, 0.25) is 0 Å². The van der Waals surface area contributed by atoms with E-state index in [-0.39, 0.29) is 40.1 Å². The van der Waals surface area contributed by atoms with Gasteiger partial charge in [-0.05, 0) is 51.3 Å². The van der Waals surface area contributed by atoms with Gasteiger partial charge < -0.3 is 9.64 Å². The Morgan fingerprint density at radius 2 is 1.76 bits per heavy atom. The first-order chi connectivity index (χ1) is 16.1. The normalized spacial score (nSPS) is 23.0. The first-order valence-electron chi connectivity index (χ1n) is 11.9. The van der Waals surface area contributed by atoms with Crippen LogP contribution in [0.1, 0.15) is 83.4 Å². The maximum atomic E-state index is 13.0. The zero-order chi connectivity index (χ0) is 24.6. The topological polar surface area (TPSA) is 118 Å². The molecule has 2 aliphatic heterocycles. The summed E-state index contributed by atoms with van der Waals surface area (Å²) in [6.45, 7) is 3.49. The van der Waals surface area contributed by atoms with Crippen molar-refractivity contribution in [3.63, 3.8) is 0 Å². The third kappa shape index (κ3) is 4.60. The van der Waals surface area contributed by atoms with Crippen LogP contribution in [0, 0.1) is 0 Å². The molecule has 3 aliphatic rings. The van der Waals surface area contributed by atoms with Crippen LogP contribution in [0.15, 0.2) is 18.2 Å². The number of hydrogen-bond donors (Lipinski definition) is 0. The average molecular weight is 491 g/mol. The van der Waals surface area contributed by atoms with Crippen molar-refractivity contribution in [2.75, 3.05) is 18.1 Å². The highest BCUT2D eigenvalue weighted by molar-refractivity contribution is 7.91. The number of likely N-dealkylation sites (N-methyl/N-ethyl adjacent to an activating group) is 1. The van der Waals surface area contributed by atoms with Gasteiger partial charge in [-0.25, -0.2) is 13.2 Å². The maximum Gasteiger partial charge on any atom is 0.338 e. The molecular weight excluding hydrogens is 460 g/mol. The highest BCUT2D eigenvalue weighted by atomic mass is 32.2. The lowest BCUT2D eigenvalue weighted by Crippen LogP contribution is -2.46. The number of amides is 3. The molecule has 0 radical (unpaired) electrons. The van der Waals surface area contributed by atoms with Crippen molar-refractivity contribution in [1.29, 1.82) is 0 Å². The van der Waals surface area contributed by atoms with Crippen molar-refractivity contribution in [2.24, 2.45) is 0 Å². The molecular formula is C24H30N2O7S. The lowest BCUT2D eigenvalue weighted by Gasteiger charge is -2.29. The first kappa shape index (κ1) is 24.4. The average Bonchev–Trinajstić information content (AvgIpc) is 3.30. The van der Waals surface area contributed by atoms with Gasteiger partial charge in [-0.15, -0.1) is 0 Å². The number of imide groups is 1. The summed E-state index contributed by atoms with van der Waals surface area (Å²) in [4.78, 5) is 54.2. The summed E-state index contributed by atoms with van der Waals surface area (Å²) >= 11 is 0. The molecule has 1 aliphatic carbocycles. The molecule has 0 aromatic heterocycles. The van der Waals surface area contributed by atoms with Crippen molar-refractivity contribution in [1.82, 2.24) is 9.80 Å². The van der Waals surface area contributed by atoms with Gasteiger partial charge in [0.15, 0.2) is 15.9 Å². The second-order valence-electron chi connectivity index (χ2n) is 9.26. The number of sulfone groups is 1. The highest BCUT2D eigenvalue weighted by Crippen LogP contribution is 2.31. The summed E-state index contributed by atoms with van der Waals surface area (Å²) in [5.41, 5.74) is 0.530. The molecule has 1 aromatic rings. The van der Waals surface area contributed by atoms with Gasteiger partial charge in [0.25, 0.3) is 17.7 Å². The number of rotatable bonds is 6. The van der Waals surface area contributed by atoms with Gasteiger partial charge in [0, 0.05) is 18.6 Å². The molecule has 3 amide bonds. The van der Waals surface area contributed by atoms with E-state index in [9.17, 15) is 27.6 Å². The van der Waals surface area contributed by atoms with Crippen LogP contribution in [0.5, 0.6) is 0 Å². The number of hydrogen-bond acceptors (Lipinski definition) is 7. The Kier molecular flexibility index (Phi) is 6.80. The number of carbonyl (C=O) groups excluding carboxylic acids is 4. The Morgan fingerprint density at radius 3 is 2.38 bits per heavy atom. The molecule has 10 heteroatoms. The maximum absolute atomic E-state index is 13.0. The number of ether oxygens (including phenoxy) is 1. The van der Waals surface area contributed by atoms with Crippen LogP contribution in [0.3, 0.4) is 0 Å². The number of benzene rings is 1. The van der Waals surface area contributed by atoms with E-state index >= 15 is 0 Å². The summed E-state index contributed by atoms with van der Waals surface area (Å²) < 4.78 is 29.0. The number of esters is 1. The van der Waals surface area contributed by atoms with E-state index in [2.05, 4.69) is 0 Å². The Bertz CT molecular complexity index is 1120. The summed E-state index contributed by atoms with van der Waals surface area (Å²) in [7, 11) is -3.17. The Hall–Kier alpha value is -2.75. The molecule has 0 unspecified atom stereocenters. The molecule has 2 heterocycles. The summed E-state index contributed by atoms with van der Waals surface area (Å²) in [5, 5.41) is 0.